The monoisotopic (exact) mass is 180 g/mol. The van der Waals surface area contributed by atoms with Crippen LogP contribution in [0, 0.1) is 0 Å². The van der Waals surface area contributed by atoms with Gasteiger partial charge in [0.15, 0.2) is 0 Å². The Labute approximate surface area is 78.4 Å². The number of hydrogen-bond donors (Lipinski definition) is 1. The lowest BCUT2D eigenvalue weighted by Crippen LogP contribution is -2.28. The van der Waals surface area contributed by atoms with E-state index >= 15 is 0 Å². The number of nitrogens with zero attached hydrogens (tertiary/aromatic N) is 1. The van der Waals surface area contributed by atoms with E-state index in [1.54, 1.807) is 6.20 Å². The lowest BCUT2D eigenvalue weighted by molar-refractivity contribution is 0.265. The van der Waals surface area contributed by atoms with Crippen LogP contribution in [-0.4, -0.2) is 23.0 Å². The van der Waals surface area contributed by atoms with Crippen LogP contribution >= 0.6 is 0 Å². The normalized spacial score (nSPS) is 11.2. The lowest BCUT2D eigenvalue weighted by Gasteiger charge is -2.20. The molecule has 0 atom stereocenters. The zero-order chi connectivity index (χ0) is 9.84. The summed E-state index contributed by atoms with van der Waals surface area (Å²) in [6.07, 6.45) is 1.65. The van der Waals surface area contributed by atoms with Gasteiger partial charge < -0.3 is 4.98 Å². The molecule has 0 bridgehead atoms. The van der Waals surface area contributed by atoms with Gasteiger partial charge in [0, 0.05) is 24.3 Å². The first-order valence-electron chi connectivity index (χ1n) is 4.48. The Hall–Kier alpha value is -1.09. The van der Waals surface area contributed by atoms with Crippen molar-refractivity contribution in [1.82, 2.24) is 9.88 Å². The van der Waals surface area contributed by atoms with Crippen molar-refractivity contribution in [3.63, 3.8) is 0 Å². The van der Waals surface area contributed by atoms with E-state index in [9.17, 15) is 4.79 Å². The molecule has 0 radical (unpaired) electrons. The second kappa shape index (κ2) is 4.23. The van der Waals surface area contributed by atoms with Crippen LogP contribution in [0.2, 0.25) is 0 Å². The molecular formula is C10H16N2O. The lowest BCUT2D eigenvalue weighted by atomic mass is 10.2. The van der Waals surface area contributed by atoms with Gasteiger partial charge in [-0.25, -0.2) is 0 Å². The molecule has 1 N–H and O–H groups in total. The minimum atomic E-state index is 0.00926. The highest BCUT2D eigenvalue weighted by molar-refractivity contribution is 5.08. The van der Waals surface area contributed by atoms with Crippen LogP contribution in [0.5, 0.6) is 0 Å². The van der Waals surface area contributed by atoms with Gasteiger partial charge in [0.1, 0.15) is 0 Å². The van der Waals surface area contributed by atoms with Gasteiger partial charge in [-0.05, 0) is 27.0 Å². The molecular weight excluding hydrogens is 164 g/mol. The minimum absolute atomic E-state index is 0.00926. The molecule has 0 fully saturated rings. The van der Waals surface area contributed by atoms with Crippen LogP contribution < -0.4 is 5.56 Å². The van der Waals surface area contributed by atoms with Gasteiger partial charge in [0.25, 0.3) is 5.56 Å². The van der Waals surface area contributed by atoms with Crippen LogP contribution in [-0.2, 0) is 6.54 Å². The average Bonchev–Trinajstić information content (AvgIpc) is 2.08. The van der Waals surface area contributed by atoms with Crippen molar-refractivity contribution in [2.24, 2.45) is 0 Å². The Bertz CT molecular complexity index is 317. The molecule has 0 aliphatic carbocycles. The summed E-state index contributed by atoms with van der Waals surface area (Å²) in [4.78, 5) is 16.1. The van der Waals surface area contributed by atoms with E-state index in [2.05, 4.69) is 23.7 Å². The van der Waals surface area contributed by atoms with Crippen LogP contribution in [0.1, 0.15) is 19.4 Å². The highest BCUT2D eigenvalue weighted by Gasteiger charge is 2.05. The second-order valence-electron chi connectivity index (χ2n) is 3.53. The van der Waals surface area contributed by atoms with Crippen molar-refractivity contribution in [3.05, 3.63) is 34.2 Å². The molecule has 0 saturated carbocycles. The molecule has 3 heteroatoms. The number of aromatic nitrogens is 1. The molecule has 0 spiro atoms. The van der Waals surface area contributed by atoms with E-state index in [1.165, 1.54) is 0 Å². The molecule has 3 nitrogen and oxygen atoms in total. The summed E-state index contributed by atoms with van der Waals surface area (Å²) in [7, 11) is 2.01. The maximum Gasteiger partial charge on any atom is 0.252 e. The number of pyridine rings is 1. The standard InChI is InChI=1S/C10H16N2O/c1-8(2)12(3)7-9-5-4-6-11-10(9)13/h4-6,8H,7H2,1-3H3,(H,11,13). The fourth-order valence-corrected chi connectivity index (χ4v) is 1.03. The quantitative estimate of drug-likeness (QED) is 0.759. The Morgan fingerprint density at radius 1 is 1.54 bits per heavy atom. The summed E-state index contributed by atoms with van der Waals surface area (Å²) >= 11 is 0. The van der Waals surface area contributed by atoms with Crippen molar-refractivity contribution in [2.75, 3.05) is 7.05 Å². The van der Waals surface area contributed by atoms with Gasteiger partial charge in [-0.1, -0.05) is 6.07 Å². The van der Waals surface area contributed by atoms with Crippen molar-refractivity contribution < 1.29 is 0 Å². The average molecular weight is 180 g/mol. The zero-order valence-corrected chi connectivity index (χ0v) is 8.37. The molecule has 0 aromatic carbocycles. The number of nitrogens with one attached hydrogen (secondary N) is 1. The molecule has 0 unspecified atom stereocenters. The minimum Gasteiger partial charge on any atom is -0.329 e. The molecule has 72 valence electrons. The van der Waals surface area contributed by atoms with Gasteiger partial charge in [0.2, 0.25) is 0 Å². The van der Waals surface area contributed by atoms with Crippen LogP contribution in [0.4, 0.5) is 0 Å². The SMILES string of the molecule is CC(C)N(C)Cc1ccc[nH]c1=O. The number of hydrogen-bond acceptors (Lipinski definition) is 2. The van der Waals surface area contributed by atoms with Crippen molar-refractivity contribution >= 4 is 0 Å². The predicted molar refractivity (Wildman–Crippen MR) is 53.7 cm³/mol. The Morgan fingerprint density at radius 3 is 2.77 bits per heavy atom. The third kappa shape index (κ3) is 2.70. The Kier molecular flexibility index (Phi) is 3.25. The van der Waals surface area contributed by atoms with Gasteiger partial charge in [-0.3, -0.25) is 9.69 Å². The van der Waals surface area contributed by atoms with Crippen molar-refractivity contribution in [1.29, 1.82) is 0 Å². The topological polar surface area (TPSA) is 36.1 Å². The summed E-state index contributed by atoms with van der Waals surface area (Å²) in [5.41, 5.74) is 0.828. The summed E-state index contributed by atoms with van der Waals surface area (Å²) in [6.45, 7) is 4.92. The van der Waals surface area contributed by atoms with Crippen molar-refractivity contribution in [3.8, 4) is 0 Å². The molecule has 0 aliphatic heterocycles. The fourth-order valence-electron chi connectivity index (χ4n) is 1.03. The summed E-state index contributed by atoms with van der Waals surface area (Å²) in [5, 5.41) is 0. The highest BCUT2D eigenvalue weighted by atomic mass is 16.1. The first-order valence-corrected chi connectivity index (χ1v) is 4.48. The molecule has 13 heavy (non-hydrogen) atoms. The number of H-pyrrole nitrogens is 1. The van der Waals surface area contributed by atoms with E-state index in [1.807, 2.05) is 19.2 Å². The van der Waals surface area contributed by atoms with E-state index in [4.69, 9.17) is 0 Å². The molecule has 0 amide bonds. The van der Waals surface area contributed by atoms with Gasteiger partial charge >= 0.3 is 0 Å². The molecule has 1 rings (SSSR count). The van der Waals surface area contributed by atoms with Gasteiger partial charge in [-0.15, -0.1) is 0 Å². The maximum absolute atomic E-state index is 11.3. The van der Waals surface area contributed by atoms with Crippen LogP contribution in [0.25, 0.3) is 0 Å². The first kappa shape index (κ1) is 9.99. The van der Waals surface area contributed by atoms with Crippen molar-refractivity contribution in [2.45, 2.75) is 26.4 Å². The van der Waals surface area contributed by atoms with E-state index in [0.717, 1.165) is 5.56 Å². The Balaban J connectivity index is 2.75. The first-order chi connectivity index (χ1) is 6.11. The largest absolute Gasteiger partial charge is 0.329 e. The second-order valence-corrected chi connectivity index (χ2v) is 3.53. The molecule has 1 aromatic rings. The van der Waals surface area contributed by atoms with Gasteiger partial charge in [-0.2, -0.15) is 0 Å². The predicted octanol–water partition coefficient (Wildman–Crippen LogP) is 1.22. The fraction of sp³-hybridized carbons (Fsp3) is 0.500. The third-order valence-electron chi connectivity index (χ3n) is 2.20. The maximum atomic E-state index is 11.3. The van der Waals surface area contributed by atoms with E-state index < -0.39 is 0 Å². The third-order valence-corrected chi connectivity index (χ3v) is 2.20. The molecule has 0 aliphatic rings. The van der Waals surface area contributed by atoms with Crippen LogP contribution in [0.3, 0.4) is 0 Å². The number of aromatic amines is 1. The molecule has 1 heterocycles. The molecule has 0 saturated heterocycles. The molecule has 1 aromatic heterocycles. The summed E-state index contributed by atoms with van der Waals surface area (Å²) in [5.74, 6) is 0. The number of rotatable bonds is 3. The van der Waals surface area contributed by atoms with E-state index in [0.29, 0.717) is 12.6 Å². The summed E-state index contributed by atoms with van der Waals surface area (Å²) < 4.78 is 0. The van der Waals surface area contributed by atoms with Crippen LogP contribution in [0.15, 0.2) is 23.1 Å². The smallest absolute Gasteiger partial charge is 0.252 e. The summed E-state index contributed by atoms with van der Waals surface area (Å²) in [6, 6.07) is 4.17. The Morgan fingerprint density at radius 2 is 2.23 bits per heavy atom. The highest BCUT2D eigenvalue weighted by Crippen LogP contribution is 2.00. The zero-order valence-electron chi connectivity index (χ0n) is 8.37. The van der Waals surface area contributed by atoms with E-state index in [-0.39, 0.29) is 5.56 Å². The van der Waals surface area contributed by atoms with Gasteiger partial charge in [0.05, 0.1) is 0 Å².